The maximum atomic E-state index is 13.1. The summed E-state index contributed by atoms with van der Waals surface area (Å²) in [7, 11) is 0. The number of hydrogen-bond acceptors (Lipinski definition) is 7. The highest BCUT2D eigenvalue weighted by molar-refractivity contribution is 7.99. The standard InChI is InChI=1S/C23H24N4O4S2/c1-3-11-27-20(28)14-8-5-6-9-15(14)25-23(27)33-13-16-18(21(29)31-4-2)19(26-22(30)24-16)17-10-7-12-32-17/h5-10,12,19H,3-4,11,13H2,1-2H3,(H2,24,26,30)/t19-/m0/s1. The first-order valence-electron chi connectivity index (χ1n) is 10.7. The number of ether oxygens (including phenoxy) is 1. The van der Waals surface area contributed by atoms with Crippen LogP contribution in [0.1, 0.15) is 31.2 Å². The Bertz CT molecular complexity index is 1270. The van der Waals surface area contributed by atoms with E-state index in [4.69, 9.17) is 9.72 Å². The van der Waals surface area contributed by atoms with E-state index in [9.17, 15) is 14.4 Å². The Hall–Kier alpha value is -3.11. The number of hydrogen-bond donors (Lipinski definition) is 2. The molecule has 1 aliphatic rings. The lowest BCUT2D eigenvalue weighted by Crippen LogP contribution is -2.46. The molecule has 10 heteroatoms. The number of nitrogens with zero attached hydrogens (tertiary/aromatic N) is 2. The minimum Gasteiger partial charge on any atom is -0.463 e. The maximum absolute atomic E-state index is 13.1. The molecule has 1 atom stereocenters. The van der Waals surface area contributed by atoms with E-state index >= 15 is 0 Å². The van der Waals surface area contributed by atoms with Gasteiger partial charge in [-0.25, -0.2) is 14.6 Å². The first-order valence-corrected chi connectivity index (χ1v) is 12.5. The van der Waals surface area contributed by atoms with Crippen molar-refractivity contribution in [3.05, 3.63) is 68.3 Å². The molecule has 0 bridgehead atoms. The summed E-state index contributed by atoms with van der Waals surface area (Å²) in [6.07, 6.45) is 0.769. The Kier molecular flexibility index (Phi) is 7.14. The molecule has 3 heterocycles. The smallest absolute Gasteiger partial charge is 0.338 e. The minimum atomic E-state index is -0.601. The van der Waals surface area contributed by atoms with Gasteiger partial charge >= 0.3 is 12.0 Å². The van der Waals surface area contributed by atoms with Gasteiger partial charge in [0.1, 0.15) is 0 Å². The second-order valence-electron chi connectivity index (χ2n) is 7.32. The molecule has 0 spiro atoms. The molecule has 3 aromatic rings. The molecule has 1 aliphatic heterocycles. The summed E-state index contributed by atoms with van der Waals surface area (Å²) in [5.74, 6) is -0.241. The van der Waals surface area contributed by atoms with E-state index < -0.39 is 18.0 Å². The molecule has 2 aromatic heterocycles. The molecular weight excluding hydrogens is 460 g/mol. The van der Waals surface area contributed by atoms with Crippen LogP contribution in [-0.4, -0.2) is 33.9 Å². The Morgan fingerprint density at radius 1 is 1.21 bits per heavy atom. The number of carbonyl (C=O) groups excluding carboxylic acids is 2. The molecule has 4 rings (SSSR count). The summed E-state index contributed by atoms with van der Waals surface area (Å²) < 4.78 is 6.95. The van der Waals surface area contributed by atoms with E-state index in [1.54, 1.807) is 23.6 Å². The van der Waals surface area contributed by atoms with Gasteiger partial charge in [0.2, 0.25) is 0 Å². The molecule has 2 N–H and O–H groups in total. The Labute approximate surface area is 199 Å². The fourth-order valence-corrected chi connectivity index (χ4v) is 5.44. The van der Waals surface area contributed by atoms with Crippen LogP contribution < -0.4 is 16.2 Å². The first-order chi connectivity index (χ1) is 16.0. The van der Waals surface area contributed by atoms with Gasteiger partial charge in [-0.05, 0) is 36.9 Å². The Morgan fingerprint density at radius 3 is 2.76 bits per heavy atom. The number of urea groups is 1. The third-order valence-corrected chi connectivity index (χ3v) is 7.04. The van der Waals surface area contributed by atoms with Gasteiger partial charge in [-0.15, -0.1) is 11.3 Å². The number of rotatable bonds is 8. The third-order valence-electron chi connectivity index (χ3n) is 5.10. The Balaban J connectivity index is 1.74. The number of amides is 2. The monoisotopic (exact) mass is 484 g/mol. The highest BCUT2D eigenvalue weighted by atomic mass is 32.2. The third kappa shape index (κ3) is 4.81. The van der Waals surface area contributed by atoms with Crippen LogP contribution in [-0.2, 0) is 16.1 Å². The number of nitrogens with one attached hydrogen (secondary N) is 2. The number of thioether (sulfide) groups is 1. The van der Waals surface area contributed by atoms with Crippen molar-refractivity contribution in [3.63, 3.8) is 0 Å². The number of fused-ring (bicyclic) bond motifs is 1. The molecule has 0 fully saturated rings. The van der Waals surface area contributed by atoms with Crippen molar-refractivity contribution in [2.24, 2.45) is 0 Å². The zero-order valence-electron chi connectivity index (χ0n) is 18.3. The van der Waals surface area contributed by atoms with Gasteiger partial charge in [0.15, 0.2) is 5.16 Å². The molecule has 2 amide bonds. The second-order valence-corrected chi connectivity index (χ2v) is 9.24. The molecular formula is C23H24N4O4S2. The van der Waals surface area contributed by atoms with E-state index in [0.29, 0.717) is 33.9 Å². The van der Waals surface area contributed by atoms with Gasteiger partial charge in [-0.1, -0.05) is 36.9 Å². The summed E-state index contributed by atoms with van der Waals surface area (Å²) in [5.41, 5.74) is 1.32. The zero-order valence-corrected chi connectivity index (χ0v) is 19.9. The summed E-state index contributed by atoms with van der Waals surface area (Å²) in [5, 5.41) is 8.59. The van der Waals surface area contributed by atoms with Crippen LogP contribution in [0.2, 0.25) is 0 Å². The molecule has 0 saturated heterocycles. The summed E-state index contributed by atoms with van der Waals surface area (Å²) in [6.45, 7) is 4.48. The SMILES string of the molecule is CCCn1c(SCC2=C(C(=O)OCC)[C@H](c3cccs3)NC(=O)N2)nc2ccccc2c1=O. The van der Waals surface area contributed by atoms with Crippen LogP contribution in [0.5, 0.6) is 0 Å². The number of benzene rings is 1. The average molecular weight is 485 g/mol. The predicted molar refractivity (Wildman–Crippen MR) is 129 cm³/mol. The van der Waals surface area contributed by atoms with Gasteiger partial charge in [0.05, 0.1) is 29.1 Å². The lowest BCUT2D eigenvalue weighted by molar-refractivity contribution is -0.139. The van der Waals surface area contributed by atoms with E-state index in [2.05, 4.69) is 10.6 Å². The van der Waals surface area contributed by atoms with Crippen LogP contribution in [0.25, 0.3) is 10.9 Å². The topological polar surface area (TPSA) is 102 Å². The molecule has 1 aromatic carbocycles. The van der Waals surface area contributed by atoms with Crippen LogP contribution in [0, 0.1) is 0 Å². The van der Waals surface area contributed by atoms with Crippen molar-refractivity contribution in [1.82, 2.24) is 20.2 Å². The Morgan fingerprint density at radius 2 is 2.03 bits per heavy atom. The van der Waals surface area contributed by atoms with Crippen LogP contribution in [0.3, 0.4) is 0 Å². The fraction of sp³-hybridized carbons (Fsp3) is 0.304. The van der Waals surface area contributed by atoms with Crippen molar-refractivity contribution in [2.75, 3.05) is 12.4 Å². The fourth-order valence-electron chi connectivity index (χ4n) is 3.67. The summed E-state index contributed by atoms with van der Waals surface area (Å²) in [4.78, 5) is 43.9. The highest BCUT2D eigenvalue weighted by Crippen LogP contribution is 2.32. The maximum Gasteiger partial charge on any atom is 0.338 e. The van der Waals surface area contributed by atoms with Gasteiger partial charge < -0.3 is 15.4 Å². The molecule has 8 nitrogen and oxygen atoms in total. The van der Waals surface area contributed by atoms with Crippen LogP contribution >= 0.6 is 23.1 Å². The second kappa shape index (κ2) is 10.2. The summed E-state index contributed by atoms with van der Waals surface area (Å²) in [6, 6.07) is 9.98. The summed E-state index contributed by atoms with van der Waals surface area (Å²) >= 11 is 2.76. The quantitative estimate of drug-likeness (QED) is 0.286. The number of para-hydroxylation sites is 1. The molecule has 172 valence electrons. The normalized spacial score (nSPS) is 15.9. The molecule has 0 radical (unpaired) electrons. The lowest BCUT2D eigenvalue weighted by atomic mass is 10.0. The predicted octanol–water partition coefficient (Wildman–Crippen LogP) is 3.83. The van der Waals surface area contributed by atoms with Crippen LogP contribution in [0.4, 0.5) is 4.79 Å². The largest absolute Gasteiger partial charge is 0.463 e. The van der Waals surface area contributed by atoms with E-state index in [1.807, 2.05) is 36.6 Å². The van der Waals surface area contributed by atoms with Crippen molar-refractivity contribution >= 4 is 46.0 Å². The van der Waals surface area contributed by atoms with Gasteiger partial charge in [0, 0.05) is 22.9 Å². The van der Waals surface area contributed by atoms with Crippen molar-refractivity contribution in [1.29, 1.82) is 0 Å². The number of esters is 1. The highest BCUT2D eigenvalue weighted by Gasteiger charge is 2.34. The van der Waals surface area contributed by atoms with Crippen molar-refractivity contribution in [3.8, 4) is 0 Å². The zero-order chi connectivity index (χ0) is 23.4. The van der Waals surface area contributed by atoms with Crippen molar-refractivity contribution < 1.29 is 14.3 Å². The number of carbonyl (C=O) groups is 2. The van der Waals surface area contributed by atoms with E-state index in [-0.39, 0.29) is 17.9 Å². The van der Waals surface area contributed by atoms with Crippen molar-refractivity contribution in [2.45, 2.75) is 38.0 Å². The molecule has 0 aliphatic carbocycles. The van der Waals surface area contributed by atoms with E-state index in [1.165, 1.54) is 23.1 Å². The first kappa shape index (κ1) is 23.1. The average Bonchev–Trinajstić information content (AvgIpc) is 3.34. The number of aromatic nitrogens is 2. The van der Waals surface area contributed by atoms with Gasteiger partial charge in [-0.3, -0.25) is 9.36 Å². The van der Waals surface area contributed by atoms with Gasteiger partial charge in [0.25, 0.3) is 5.56 Å². The number of thiophene rings is 1. The molecule has 33 heavy (non-hydrogen) atoms. The minimum absolute atomic E-state index is 0.102. The lowest BCUT2D eigenvalue weighted by Gasteiger charge is -2.28. The van der Waals surface area contributed by atoms with Gasteiger partial charge in [-0.2, -0.15) is 0 Å². The van der Waals surface area contributed by atoms with E-state index in [0.717, 1.165) is 11.3 Å². The van der Waals surface area contributed by atoms with Crippen LogP contribution in [0.15, 0.2) is 63.0 Å². The molecule has 0 unspecified atom stereocenters. The molecule has 0 saturated carbocycles.